The van der Waals surface area contributed by atoms with Gasteiger partial charge in [0.25, 0.3) is 5.91 Å². The Morgan fingerprint density at radius 1 is 0.781 bits per heavy atom. The molecule has 2 fully saturated rings. The normalized spacial score (nSPS) is 15.4. The van der Waals surface area contributed by atoms with Crippen LogP contribution in [0.2, 0.25) is 0 Å². The number of amides is 2. The Hall–Kier alpha value is -3.40. The first-order valence-electron chi connectivity index (χ1n) is 11.5. The first-order valence-corrected chi connectivity index (χ1v) is 11.5. The minimum absolute atomic E-state index is 0.0117. The molecule has 2 aliphatic carbocycles. The highest BCUT2D eigenvalue weighted by Crippen LogP contribution is 2.34. The smallest absolute Gasteiger partial charge is 0.251 e. The number of benzene rings is 3. The van der Waals surface area contributed by atoms with E-state index in [9.17, 15) is 9.59 Å². The summed E-state index contributed by atoms with van der Waals surface area (Å²) in [7, 11) is 0. The predicted molar refractivity (Wildman–Crippen MR) is 125 cm³/mol. The van der Waals surface area contributed by atoms with Crippen molar-refractivity contribution in [1.82, 2.24) is 10.2 Å². The van der Waals surface area contributed by atoms with Gasteiger partial charge < -0.3 is 10.2 Å². The van der Waals surface area contributed by atoms with Crippen LogP contribution in [0.4, 0.5) is 0 Å². The van der Waals surface area contributed by atoms with Crippen molar-refractivity contribution in [3.8, 4) is 0 Å². The summed E-state index contributed by atoms with van der Waals surface area (Å²) in [4.78, 5) is 28.2. The molecule has 0 aliphatic heterocycles. The third-order valence-electron chi connectivity index (χ3n) is 6.27. The second kappa shape index (κ2) is 8.99. The number of hydrogen-bond donors (Lipinski definition) is 1. The van der Waals surface area contributed by atoms with Gasteiger partial charge in [-0.05, 0) is 54.5 Å². The van der Waals surface area contributed by atoms with E-state index < -0.39 is 0 Å². The van der Waals surface area contributed by atoms with Gasteiger partial charge in [-0.15, -0.1) is 0 Å². The summed E-state index contributed by atoms with van der Waals surface area (Å²) in [5.41, 5.74) is 3.76. The van der Waals surface area contributed by atoms with Crippen LogP contribution in [0.25, 0.3) is 0 Å². The van der Waals surface area contributed by atoms with Gasteiger partial charge in [0.15, 0.2) is 0 Å². The van der Waals surface area contributed by atoms with Gasteiger partial charge in [-0.25, -0.2) is 0 Å². The Bertz CT molecular complexity index is 1030. The van der Waals surface area contributed by atoms with Crippen molar-refractivity contribution in [2.24, 2.45) is 0 Å². The lowest BCUT2D eigenvalue weighted by Crippen LogP contribution is -2.37. The monoisotopic (exact) mass is 424 g/mol. The first kappa shape index (κ1) is 20.5. The zero-order chi connectivity index (χ0) is 21.9. The van der Waals surface area contributed by atoms with Crippen LogP contribution in [-0.4, -0.2) is 28.8 Å². The Balaban J connectivity index is 1.37. The van der Waals surface area contributed by atoms with Crippen LogP contribution >= 0.6 is 0 Å². The molecule has 4 nitrogen and oxygen atoms in total. The highest BCUT2D eigenvalue weighted by Gasteiger charge is 2.37. The van der Waals surface area contributed by atoms with E-state index in [1.807, 2.05) is 89.8 Å². The molecular formula is C28H28N2O2. The third-order valence-corrected chi connectivity index (χ3v) is 6.27. The molecule has 0 radical (unpaired) electrons. The largest absolute Gasteiger partial charge is 0.349 e. The fraction of sp³-hybridized carbons (Fsp3) is 0.286. The second-order valence-corrected chi connectivity index (χ2v) is 8.90. The summed E-state index contributed by atoms with van der Waals surface area (Å²) < 4.78 is 0. The summed E-state index contributed by atoms with van der Waals surface area (Å²) >= 11 is 0. The number of hydrogen-bond acceptors (Lipinski definition) is 2. The number of rotatable bonds is 8. The zero-order valence-corrected chi connectivity index (χ0v) is 18.1. The summed E-state index contributed by atoms with van der Waals surface area (Å²) in [6, 6.07) is 28.4. The van der Waals surface area contributed by atoms with E-state index in [1.165, 1.54) is 0 Å². The van der Waals surface area contributed by atoms with E-state index in [4.69, 9.17) is 0 Å². The zero-order valence-electron chi connectivity index (χ0n) is 18.1. The van der Waals surface area contributed by atoms with E-state index in [1.54, 1.807) is 0 Å². The maximum atomic E-state index is 13.9. The molecule has 0 aromatic heterocycles. The molecule has 3 aromatic carbocycles. The summed E-state index contributed by atoms with van der Waals surface area (Å²) in [5, 5.41) is 3.02. The molecule has 0 saturated heterocycles. The number of nitrogens with one attached hydrogen (secondary N) is 1. The van der Waals surface area contributed by atoms with Gasteiger partial charge in [0, 0.05) is 24.2 Å². The lowest BCUT2D eigenvalue weighted by Gasteiger charge is -2.28. The lowest BCUT2D eigenvalue weighted by molar-refractivity contribution is -0.133. The van der Waals surface area contributed by atoms with E-state index in [0.29, 0.717) is 18.2 Å². The quantitative estimate of drug-likeness (QED) is 0.559. The molecule has 0 spiro atoms. The van der Waals surface area contributed by atoms with E-state index in [0.717, 1.165) is 42.4 Å². The van der Waals surface area contributed by atoms with Crippen molar-refractivity contribution in [1.29, 1.82) is 0 Å². The standard InChI is InChI=1S/C28H28N2O2/c31-27(29-24-15-16-24)23-13-11-20(12-14-23)19-30(25-17-18-25)28(32)26(21-7-3-1-4-8-21)22-9-5-2-6-10-22/h1-14,24-26H,15-19H2,(H,29,31). The fourth-order valence-electron chi connectivity index (χ4n) is 4.16. The van der Waals surface area contributed by atoms with Crippen LogP contribution in [0, 0.1) is 0 Å². The van der Waals surface area contributed by atoms with E-state index >= 15 is 0 Å². The number of carbonyl (C=O) groups excluding carboxylic acids is 2. The second-order valence-electron chi connectivity index (χ2n) is 8.90. The summed E-state index contributed by atoms with van der Waals surface area (Å²) in [6.07, 6.45) is 4.24. The minimum Gasteiger partial charge on any atom is -0.349 e. The molecule has 2 amide bonds. The summed E-state index contributed by atoms with van der Waals surface area (Å²) in [6.45, 7) is 0.560. The van der Waals surface area contributed by atoms with Crippen LogP contribution in [0.15, 0.2) is 84.9 Å². The molecular weight excluding hydrogens is 396 g/mol. The van der Waals surface area contributed by atoms with Gasteiger partial charge in [-0.1, -0.05) is 72.8 Å². The molecule has 0 unspecified atom stereocenters. The number of nitrogens with zero attached hydrogens (tertiary/aromatic N) is 1. The maximum absolute atomic E-state index is 13.9. The van der Waals surface area contributed by atoms with Gasteiger partial charge in [0.1, 0.15) is 0 Å². The number of carbonyl (C=O) groups is 2. The Kier molecular flexibility index (Phi) is 5.76. The molecule has 0 heterocycles. The molecule has 4 heteroatoms. The van der Waals surface area contributed by atoms with E-state index in [2.05, 4.69) is 5.32 Å². The minimum atomic E-state index is -0.318. The van der Waals surface area contributed by atoms with Crippen molar-refractivity contribution in [3.05, 3.63) is 107 Å². The summed E-state index contributed by atoms with van der Waals surface area (Å²) in [5.74, 6) is -0.190. The molecule has 32 heavy (non-hydrogen) atoms. The average Bonchev–Trinajstić information content (AvgIpc) is 3.75. The fourth-order valence-corrected chi connectivity index (χ4v) is 4.16. The van der Waals surface area contributed by atoms with Crippen LogP contribution < -0.4 is 5.32 Å². The maximum Gasteiger partial charge on any atom is 0.251 e. The Morgan fingerprint density at radius 3 is 1.84 bits per heavy atom. The molecule has 5 rings (SSSR count). The van der Waals surface area contributed by atoms with Gasteiger partial charge in [0.05, 0.1) is 5.92 Å². The first-order chi connectivity index (χ1) is 15.7. The third kappa shape index (κ3) is 4.75. The van der Waals surface area contributed by atoms with Crippen molar-refractivity contribution < 1.29 is 9.59 Å². The van der Waals surface area contributed by atoms with Gasteiger partial charge in [0.2, 0.25) is 5.91 Å². The molecule has 3 aromatic rings. The SMILES string of the molecule is O=C(NC1CC1)c1ccc(CN(C(=O)C(c2ccccc2)c2ccccc2)C2CC2)cc1. The van der Waals surface area contributed by atoms with Gasteiger partial charge in [-0.3, -0.25) is 9.59 Å². The van der Waals surface area contributed by atoms with Crippen LogP contribution in [0.5, 0.6) is 0 Å². The Labute approximate surface area is 189 Å². The predicted octanol–water partition coefficient (Wildman–Crippen LogP) is 4.90. The van der Waals surface area contributed by atoms with E-state index in [-0.39, 0.29) is 23.8 Å². The van der Waals surface area contributed by atoms with Crippen molar-refractivity contribution in [3.63, 3.8) is 0 Å². The molecule has 0 bridgehead atoms. The lowest BCUT2D eigenvalue weighted by atomic mass is 9.89. The molecule has 2 saturated carbocycles. The van der Waals surface area contributed by atoms with Crippen LogP contribution in [-0.2, 0) is 11.3 Å². The highest BCUT2D eigenvalue weighted by atomic mass is 16.2. The van der Waals surface area contributed by atoms with Crippen LogP contribution in [0.1, 0.15) is 58.6 Å². The Morgan fingerprint density at radius 2 is 1.34 bits per heavy atom. The average molecular weight is 425 g/mol. The van der Waals surface area contributed by atoms with Crippen molar-refractivity contribution in [2.75, 3.05) is 0 Å². The topological polar surface area (TPSA) is 49.4 Å². The molecule has 2 aliphatic rings. The van der Waals surface area contributed by atoms with Crippen molar-refractivity contribution >= 4 is 11.8 Å². The molecule has 162 valence electrons. The van der Waals surface area contributed by atoms with Gasteiger partial charge in [-0.2, -0.15) is 0 Å². The van der Waals surface area contributed by atoms with Gasteiger partial charge >= 0.3 is 0 Å². The highest BCUT2D eigenvalue weighted by molar-refractivity contribution is 5.94. The van der Waals surface area contributed by atoms with Crippen molar-refractivity contribution in [2.45, 2.75) is 50.2 Å². The molecule has 1 N–H and O–H groups in total. The van der Waals surface area contributed by atoms with Crippen LogP contribution in [0.3, 0.4) is 0 Å². The molecule has 0 atom stereocenters.